The maximum absolute atomic E-state index is 12.0. The third-order valence-electron chi connectivity index (χ3n) is 4.43. The molecule has 0 aromatic heterocycles. The van der Waals surface area contributed by atoms with Crippen molar-refractivity contribution in [2.75, 3.05) is 14.2 Å². The van der Waals surface area contributed by atoms with Crippen molar-refractivity contribution in [1.82, 2.24) is 5.32 Å². The second-order valence-corrected chi connectivity index (χ2v) is 6.53. The van der Waals surface area contributed by atoms with Gasteiger partial charge in [-0.3, -0.25) is 0 Å². The van der Waals surface area contributed by atoms with Crippen molar-refractivity contribution in [2.24, 2.45) is 0 Å². The van der Waals surface area contributed by atoms with Gasteiger partial charge in [-0.05, 0) is 51.8 Å². The van der Waals surface area contributed by atoms with Crippen LogP contribution in [0, 0.1) is 0 Å². The summed E-state index contributed by atoms with van der Waals surface area (Å²) in [5, 5.41) is 3.05. The Balaban J connectivity index is 2.36. The van der Waals surface area contributed by atoms with Gasteiger partial charge in [0.05, 0.1) is 23.9 Å². The molecule has 0 radical (unpaired) electrons. The van der Waals surface area contributed by atoms with Gasteiger partial charge in [0.25, 0.3) is 0 Å². The van der Waals surface area contributed by atoms with Gasteiger partial charge < -0.3 is 19.4 Å². The van der Waals surface area contributed by atoms with E-state index in [9.17, 15) is 4.79 Å². The Morgan fingerprint density at radius 2 is 1.82 bits per heavy atom. The van der Waals surface area contributed by atoms with E-state index >= 15 is 0 Å². The largest absolute Gasteiger partial charge is 0.494 e. The van der Waals surface area contributed by atoms with Gasteiger partial charge in [-0.25, -0.2) is 4.79 Å². The standard InChI is InChI=1S/C16H24BNO4/c1-15(2)16(3,4)22-17(21-15)12-8-7-11(10-18-5)13(9-12)14(19)20-6/h7-9,18H,10H2,1-6H3. The number of ether oxygens (including phenoxy) is 1. The van der Waals surface area contributed by atoms with E-state index < -0.39 is 18.3 Å². The van der Waals surface area contributed by atoms with Crippen molar-refractivity contribution in [1.29, 1.82) is 0 Å². The first-order valence-electron chi connectivity index (χ1n) is 7.43. The monoisotopic (exact) mass is 305 g/mol. The van der Waals surface area contributed by atoms with Crippen LogP contribution in [0.3, 0.4) is 0 Å². The number of hydrogen-bond donors (Lipinski definition) is 1. The van der Waals surface area contributed by atoms with Crippen LogP contribution in [0.15, 0.2) is 18.2 Å². The summed E-state index contributed by atoms with van der Waals surface area (Å²) >= 11 is 0. The minimum atomic E-state index is -0.489. The van der Waals surface area contributed by atoms with Crippen LogP contribution in [0.4, 0.5) is 0 Å². The van der Waals surface area contributed by atoms with Crippen LogP contribution in [-0.4, -0.2) is 38.4 Å². The summed E-state index contributed by atoms with van der Waals surface area (Å²) in [5.41, 5.74) is 1.41. The Morgan fingerprint density at radius 3 is 2.32 bits per heavy atom. The molecule has 1 aliphatic rings. The van der Waals surface area contributed by atoms with Crippen molar-refractivity contribution in [2.45, 2.75) is 45.4 Å². The maximum Gasteiger partial charge on any atom is 0.494 e. The summed E-state index contributed by atoms with van der Waals surface area (Å²) in [6.45, 7) is 8.61. The highest BCUT2D eigenvalue weighted by Gasteiger charge is 2.51. The third-order valence-corrected chi connectivity index (χ3v) is 4.43. The van der Waals surface area contributed by atoms with Gasteiger partial charge in [0.1, 0.15) is 0 Å². The van der Waals surface area contributed by atoms with Crippen LogP contribution in [-0.2, 0) is 20.6 Å². The predicted molar refractivity (Wildman–Crippen MR) is 86.3 cm³/mol. The summed E-state index contributed by atoms with van der Waals surface area (Å²) in [6.07, 6.45) is 0. The molecule has 6 heteroatoms. The van der Waals surface area contributed by atoms with Crippen LogP contribution < -0.4 is 10.8 Å². The molecule has 0 saturated carbocycles. The second kappa shape index (κ2) is 6.03. The number of carbonyl (C=O) groups excluding carboxylic acids is 1. The van der Waals surface area contributed by atoms with Crippen molar-refractivity contribution in [3.8, 4) is 0 Å². The van der Waals surface area contributed by atoms with E-state index in [0.717, 1.165) is 11.0 Å². The summed E-state index contributed by atoms with van der Waals surface area (Å²) in [7, 11) is 2.73. The second-order valence-electron chi connectivity index (χ2n) is 6.53. The van der Waals surface area contributed by atoms with Crippen molar-refractivity contribution in [3.05, 3.63) is 29.3 Å². The lowest BCUT2D eigenvalue weighted by Gasteiger charge is -2.32. The molecule has 22 heavy (non-hydrogen) atoms. The Kier molecular flexibility index (Phi) is 4.66. The SMILES string of the molecule is CNCc1ccc(B2OC(C)(C)C(C)(C)O2)cc1C(=O)OC. The van der Waals surface area contributed by atoms with Gasteiger partial charge in [0, 0.05) is 6.54 Å². The topological polar surface area (TPSA) is 56.8 Å². The molecule has 2 rings (SSSR count). The zero-order chi connectivity index (χ0) is 16.5. The van der Waals surface area contributed by atoms with E-state index in [1.807, 2.05) is 46.9 Å². The first-order valence-corrected chi connectivity index (χ1v) is 7.43. The molecule has 1 aliphatic heterocycles. The number of hydrogen-bond acceptors (Lipinski definition) is 5. The Morgan fingerprint density at radius 1 is 1.23 bits per heavy atom. The number of esters is 1. The highest BCUT2D eigenvalue weighted by atomic mass is 16.7. The molecule has 120 valence electrons. The number of rotatable bonds is 4. The van der Waals surface area contributed by atoms with E-state index in [1.165, 1.54) is 7.11 Å². The van der Waals surface area contributed by atoms with Gasteiger partial charge in [-0.1, -0.05) is 12.1 Å². The summed E-state index contributed by atoms with van der Waals surface area (Å²) in [4.78, 5) is 12.0. The maximum atomic E-state index is 12.0. The Bertz CT molecular complexity index is 555. The fraction of sp³-hybridized carbons (Fsp3) is 0.562. The lowest BCUT2D eigenvalue weighted by atomic mass is 9.77. The van der Waals surface area contributed by atoms with Crippen molar-refractivity contribution >= 4 is 18.6 Å². The molecule has 0 atom stereocenters. The highest BCUT2D eigenvalue weighted by molar-refractivity contribution is 6.62. The molecule has 1 heterocycles. The van der Waals surface area contributed by atoms with Crippen LogP contribution in [0.5, 0.6) is 0 Å². The molecule has 1 fully saturated rings. The normalized spacial score (nSPS) is 19.3. The van der Waals surface area contributed by atoms with E-state index in [0.29, 0.717) is 12.1 Å². The molecule has 0 aliphatic carbocycles. The lowest BCUT2D eigenvalue weighted by molar-refractivity contribution is 0.00578. The van der Waals surface area contributed by atoms with Gasteiger partial charge in [0.15, 0.2) is 0 Å². The van der Waals surface area contributed by atoms with E-state index in [2.05, 4.69) is 5.32 Å². The minimum absolute atomic E-state index is 0.358. The molecule has 0 bridgehead atoms. The molecule has 1 saturated heterocycles. The van der Waals surface area contributed by atoms with Gasteiger partial charge in [-0.2, -0.15) is 0 Å². The highest BCUT2D eigenvalue weighted by Crippen LogP contribution is 2.36. The smallest absolute Gasteiger partial charge is 0.465 e. The first-order chi connectivity index (χ1) is 10.2. The number of nitrogens with one attached hydrogen (secondary N) is 1. The molecular formula is C16H24BNO4. The third kappa shape index (κ3) is 3.04. The fourth-order valence-corrected chi connectivity index (χ4v) is 2.36. The molecule has 0 spiro atoms. The molecule has 0 unspecified atom stereocenters. The first kappa shape index (κ1) is 17.0. The molecule has 1 aromatic carbocycles. The van der Waals surface area contributed by atoms with Crippen LogP contribution in [0.25, 0.3) is 0 Å². The van der Waals surface area contributed by atoms with E-state index in [-0.39, 0.29) is 5.97 Å². The van der Waals surface area contributed by atoms with Crippen LogP contribution in [0.2, 0.25) is 0 Å². The quantitative estimate of drug-likeness (QED) is 0.675. The Hall–Kier alpha value is -1.37. The summed E-state index contributed by atoms with van der Waals surface area (Å²) < 4.78 is 16.9. The summed E-state index contributed by atoms with van der Waals surface area (Å²) in [5.74, 6) is -0.358. The fourth-order valence-electron chi connectivity index (χ4n) is 2.36. The van der Waals surface area contributed by atoms with Gasteiger partial charge >= 0.3 is 13.1 Å². The number of benzene rings is 1. The average molecular weight is 305 g/mol. The zero-order valence-electron chi connectivity index (χ0n) is 14.1. The molecular weight excluding hydrogens is 281 g/mol. The van der Waals surface area contributed by atoms with Crippen LogP contribution >= 0.6 is 0 Å². The molecule has 5 nitrogen and oxygen atoms in total. The average Bonchev–Trinajstić information content (AvgIpc) is 2.67. The predicted octanol–water partition coefficient (Wildman–Crippen LogP) is 1.49. The van der Waals surface area contributed by atoms with Gasteiger partial charge in [0.2, 0.25) is 0 Å². The zero-order valence-corrected chi connectivity index (χ0v) is 14.1. The molecule has 1 N–H and O–H groups in total. The van der Waals surface area contributed by atoms with Crippen LogP contribution in [0.1, 0.15) is 43.6 Å². The Labute approximate surface area is 132 Å². The van der Waals surface area contributed by atoms with Crippen molar-refractivity contribution < 1.29 is 18.8 Å². The van der Waals surface area contributed by atoms with E-state index in [4.69, 9.17) is 14.0 Å². The lowest BCUT2D eigenvalue weighted by Crippen LogP contribution is -2.41. The van der Waals surface area contributed by atoms with Gasteiger partial charge in [-0.15, -0.1) is 0 Å². The molecule has 1 aromatic rings. The molecule has 0 amide bonds. The number of carbonyl (C=O) groups is 1. The number of methoxy groups -OCH3 is 1. The van der Waals surface area contributed by atoms with E-state index in [1.54, 1.807) is 6.07 Å². The van der Waals surface area contributed by atoms with Crippen molar-refractivity contribution in [3.63, 3.8) is 0 Å². The minimum Gasteiger partial charge on any atom is -0.465 e. The summed E-state index contributed by atoms with van der Waals surface area (Å²) in [6, 6.07) is 5.63.